The lowest BCUT2D eigenvalue weighted by Crippen LogP contribution is -2.34. The summed E-state index contributed by atoms with van der Waals surface area (Å²) in [5.41, 5.74) is -0.498. The number of alkyl carbamates (subject to hydrolysis) is 1. The summed E-state index contributed by atoms with van der Waals surface area (Å²) in [6, 6.07) is 5.85. The van der Waals surface area contributed by atoms with E-state index in [0.29, 0.717) is 45.3 Å². The lowest BCUT2D eigenvalue weighted by atomic mass is 10.2. The van der Waals surface area contributed by atoms with Crippen LogP contribution in [-0.4, -0.2) is 56.2 Å². The molecule has 146 valence electrons. The van der Waals surface area contributed by atoms with E-state index in [2.05, 4.69) is 5.32 Å². The maximum Gasteiger partial charge on any atom is 0.407 e. The Morgan fingerprint density at radius 3 is 2.19 bits per heavy atom. The lowest BCUT2D eigenvalue weighted by Gasteiger charge is -2.19. The van der Waals surface area contributed by atoms with Crippen LogP contribution < -0.4 is 10.1 Å². The van der Waals surface area contributed by atoms with E-state index < -0.39 is 16.6 Å². The number of ether oxygens (including phenoxy) is 4. The highest BCUT2D eigenvalue weighted by Crippen LogP contribution is 2.17. The van der Waals surface area contributed by atoms with Crippen LogP contribution in [0.1, 0.15) is 20.8 Å². The van der Waals surface area contributed by atoms with Crippen molar-refractivity contribution < 1.29 is 28.7 Å². The van der Waals surface area contributed by atoms with Gasteiger partial charge < -0.3 is 24.3 Å². The highest BCUT2D eigenvalue weighted by Gasteiger charge is 2.15. The third-order valence-electron chi connectivity index (χ3n) is 2.83. The Kier molecular flexibility index (Phi) is 9.38. The predicted molar refractivity (Wildman–Crippen MR) is 94.5 cm³/mol. The van der Waals surface area contributed by atoms with Gasteiger partial charge in [0.2, 0.25) is 0 Å². The summed E-state index contributed by atoms with van der Waals surface area (Å²) in [6.45, 7) is 7.61. The number of rotatable bonds is 11. The molecule has 0 aliphatic heterocycles. The monoisotopic (exact) mass is 370 g/mol. The third kappa shape index (κ3) is 10.5. The van der Waals surface area contributed by atoms with Crippen LogP contribution in [0, 0.1) is 10.1 Å². The largest absolute Gasteiger partial charge is 0.491 e. The van der Waals surface area contributed by atoms with Gasteiger partial charge >= 0.3 is 6.09 Å². The zero-order valence-corrected chi connectivity index (χ0v) is 15.4. The van der Waals surface area contributed by atoms with Crippen molar-refractivity contribution in [2.75, 3.05) is 39.6 Å². The number of hydrogen-bond donors (Lipinski definition) is 1. The number of nitrogens with zero attached hydrogens (tertiary/aromatic N) is 1. The highest BCUT2D eigenvalue weighted by atomic mass is 16.6. The molecule has 0 heterocycles. The van der Waals surface area contributed by atoms with Crippen LogP contribution in [0.15, 0.2) is 24.3 Å². The van der Waals surface area contributed by atoms with E-state index in [4.69, 9.17) is 18.9 Å². The molecule has 0 spiro atoms. The second kappa shape index (κ2) is 11.3. The first kappa shape index (κ1) is 21.7. The Balaban J connectivity index is 1.95. The smallest absolute Gasteiger partial charge is 0.407 e. The minimum Gasteiger partial charge on any atom is -0.491 e. The van der Waals surface area contributed by atoms with Crippen LogP contribution in [0.25, 0.3) is 0 Å². The summed E-state index contributed by atoms with van der Waals surface area (Å²) in [4.78, 5) is 21.4. The van der Waals surface area contributed by atoms with Gasteiger partial charge in [-0.15, -0.1) is 0 Å². The van der Waals surface area contributed by atoms with Gasteiger partial charge in [0.1, 0.15) is 18.0 Å². The molecule has 0 saturated heterocycles. The fourth-order valence-electron chi connectivity index (χ4n) is 1.74. The fraction of sp³-hybridized carbons (Fsp3) is 0.588. The zero-order chi connectivity index (χ0) is 19.4. The SMILES string of the molecule is CC(C)(C)OC(=O)NCCOCCOCCOc1ccc([N+](=O)[O-])cc1. The second-order valence-electron chi connectivity index (χ2n) is 6.25. The summed E-state index contributed by atoms with van der Waals surface area (Å²) >= 11 is 0. The Hall–Kier alpha value is -2.39. The molecule has 1 aromatic carbocycles. The molecule has 1 rings (SSSR count). The average Bonchev–Trinajstić information content (AvgIpc) is 2.55. The number of nitrogens with one attached hydrogen (secondary N) is 1. The first-order valence-corrected chi connectivity index (χ1v) is 8.27. The molecule has 0 aliphatic carbocycles. The molecule has 9 nitrogen and oxygen atoms in total. The van der Waals surface area contributed by atoms with Gasteiger partial charge in [0, 0.05) is 18.7 Å². The van der Waals surface area contributed by atoms with Crippen LogP contribution in [-0.2, 0) is 14.2 Å². The molecule has 1 N–H and O–H groups in total. The van der Waals surface area contributed by atoms with Gasteiger partial charge in [-0.25, -0.2) is 4.79 Å². The fourth-order valence-corrected chi connectivity index (χ4v) is 1.74. The van der Waals surface area contributed by atoms with E-state index in [1.54, 1.807) is 32.9 Å². The maximum absolute atomic E-state index is 11.4. The van der Waals surface area contributed by atoms with Gasteiger partial charge in [-0.3, -0.25) is 10.1 Å². The number of benzene rings is 1. The number of hydrogen-bond acceptors (Lipinski definition) is 7. The van der Waals surface area contributed by atoms with Crippen LogP contribution in [0.5, 0.6) is 5.75 Å². The number of amides is 1. The molecule has 0 atom stereocenters. The van der Waals surface area contributed by atoms with Gasteiger partial charge in [0.25, 0.3) is 5.69 Å². The minimum absolute atomic E-state index is 0.0203. The molecule has 0 radical (unpaired) electrons. The van der Waals surface area contributed by atoms with Crippen LogP contribution >= 0.6 is 0 Å². The third-order valence-corrected chi connectivity index (χ3v) is 2.83. The van der Waals surface area contributed by atoms with Crippen molar-refractivity contribution in [3.05, 3.63) is 34.4 Å². The molecule has 0 fully saturated rings. The predicted octanol–water partition coefficient (Wildman–Crippen LogP) is 2.53. The molecular weight excluding hydrogens is 344 g/mol. The van der Waals surface area contributed by atoms with Crippen molar-refractivity contribution in [2.24, 2.45) is 0 Å². The van der Waals surface area contributed by atoms with Crippen molar-refractivity contribution in [1.82, 2.24) is 5.32 Å². The number of nitro groups is 1. The first-order chi connectivity index (χ1) is 12.3. The van der Waals surface area contributed by atoms with Crippen molar-refractivity contribution in [1.29, 1.82) is 0 Å². The van der Waals surface area contributed by atoms with Gasteiger partial charge in [-0.05, 0) is 32.9 Å². The Labute approximate surface area is 152 Å². The molecule has 0 aromatic heterocycles. The number of non-ortho nitro benzene ring substituents is 1. The van der Waals surface area contributed by atoms with Crippen molar-refractivity contribution in [3.8, 4) is 5.75 Å². The standard InChI is InChI=1S/C17H26N2O7/c1-17(2,3)26-16(20)18-8-9-23-10-11-24-12-13-25-15-6-4-14(5-7-15)19(21)22/h4-7H,8-13H2,1-3H3,(H,18,20). The van der Waals surface area contributed by atoms with E-state index in [1.165, 1.54) is 12.1 Å². The molecule has 9 heteroatoms. The Bertz CT molecular complexity index is 555. The average molecular weight is 370 g/mol. The molecule has 1 amide bonds. The Morgan fingerprint density at radius 1 is 1.04 bits per heavy atom. The molecule has 0 bridgehead atoms. The Morgan fingerprint density at radius 2 is 1.62 bits per heavy atom. The summed E-state index contributed by atoms with van der Waals surface area (Å²) in [7, 11) is 0. The zero-order valence-electron chi connectivity index (χ0n) is 15.4. The molecule has 26 heavy (non-hydrogen) atoms. The number of carbonyl (C=O) groups is 1. The summed E-state index contributed by atoms with van der Waals surface area (Å²) in [5, 5.41) is 13.1. The normalized spacial score (nSPS) is 11.0. The first-order valence-electron chi connectivity index (χ1n) is 8.27. The summed E-state index contributed by atoms with van der Waals surface area (Å²) in [5.74, 6) is 0.545. The summed E-state index contributed by atoms with van der Waals surface area (Å²) in [6.07, 6.45) is -0.472. The van der Waals surface area contributed by atoms with Gasteiger partial charge in [-0.1, -0.05) is 0 Å². The summed E-state index contributed by atoms with van der Waals surface area (Å²) < 4.78 is 21.1. The molecular formula is C17H26N2O7. The van der Waals surface area contributed by atoms with Crippen LogP contribution in [0.3, 0.4) is 0 Å². The molecule has 0 saturated carbocycles. The van der Waals surface area contributed by atoms with E-state index in [0.717, 1.165) is 0 Å². The lowest BCUT2D eigenvalue weighted by molar-refractivity contribution is -0.384. The second-order valence-corrected chi connectivity index (χ2v) is 6.25. The van der Waals surface area contributed by atoms with Crippen LogP contribution in [0.4, 0.5) is 10.5 Å². The topological polar surface area (TPSA) is 109 Å². The maximum atomic E-state index is 11.4. The highest BCUT2D eigenvalue weighted by molar-refractivity contribution is 5.67. The van der Waals surface area contributed by atoms with Gasteiger partial charge in [-0.2, -0.15) is 0 Å². The van der Waals surface area contributed by atoms with Gasteiger partial charge in [0.05, 0.1) is 31.4 Å². The molecule has 0 aliphatic rings. The van der Waals surface area contributed by atoms with Crippen molar-refractivity contribution in [3.63, 3.8) is 0 Å². The quantitative estimate of drug-likeness (QED) is 0.362. The van der Waals surface area contributed by atoms with Crippen LogP contribution in [0.2, 0.25) is 0 Å². The van der Waals surface area contributed by atoms with E-state index >= 15 is 0 Å². The van der Waals surface area contributed by atoms with E-state index in [9.17, 15) is 14.9 Å². The minimum atomic E-state index is -0.519. The van der Waals surface area contributed by atoms with E-state index in [1.807, 2.05) is 0 Å². The van der Waals surface area contributed by atoms with Crippen molar-refractivity contribution >= 4 is 11.8 Å². The number of carbonyl (C=O) groups excluding carboxylic acids is 1. The van der Waals surface area contributed by atoms with E-state index in [-0.39, 0.29) is 5.69 Å². The van der Waals surface area contributed by atoms with Gasteiger partial charge in [0.15, 0.2) is 0 Å². The number of nitro benzene ring substituents is 1. The molecule has 1 aromatic rings. The molecule has 0 unspecified atom stereocenters. The van der Waals surface area contributed by atoms with Crippen molar-refractivity contribution in [2.45, 2.75) is 26.4 Å².